The number of hydrogen-bond acceptors (Lipinski definition) is 2. The minimum Gasteiger partial charge on any atom is -0.377 e. The summed E-state index contributed by atoms with van der Waals surface area (Å²) in [5.74, 6) is 0. The Bertz CT molecular complexity index is 414. The summed E-state index contributed by atoms with van der Waals surface area (Å²) < 4.78 is 0. The molecule has 0 bridgehead atoms. The molecule has 0 spiro atoms. The summed E-state index contributed by atoms with van der Waals surface area (Å²) in [7, 11) is 4.23. The van der Waals surface area contributed by atoms with Gasteiger partial charge in [-0.25, -0.2) is 0 Å². The van der Waals surface area contributed by atoms with Crippen LogP contribution in [0.15, 0.2) is 24.3 Å². The molecule has 0 unspecified atom stereocenters. The molecule has 2 aliphatic carbocycles. The van der Waals surface area contributed by atoms with E-state index in [0.717, 1.165) is 0 Å². The Morgan fingerprint density at radius 1 is 1.06 bits per heavy atom. The molecule has 2 fully saturated rings. The number of para-hydroxylation sites is 1. The molecule has 16 heavy (non-hydrogen) atoms. The topological polar surface area (TPSA) is 29.3 Å². The lowest BCUT2D eigenvalue weighted by Gasteiger charge is -2.28. The van der Waals surface area contributed by atoms with Crippen molar-refractivity contribution in [2.24, 2.45) is 5.73 Å². The lowest BCUT2D eigenvalue weighted by molar-refractivity contribution is 0.503. The van der Waals surface area contributed by atoms with Crippen LogP contribution in [0.3, 0.4) is 0 Å². The molecule has 2 aliphatic rings. The van der Waals surface area contributed by atoms with Gasteiger partial charge in [-0.2, -0.15) is 0 Å². The number of benzene rings is 1. The molecule has 2 saturated carbocycles. The van der Waals surface area contributed by atoms with Crippen molar-refractivity contribution in [3.8, 4) is 0 Å². The van der Waals surface area contributed by atoms with Crippen LogP contribution < -0.4 is 10.6 Å². The van der Waals surface area contributed by atoms with Crippen molar-refractivity contribution in [3.05, 3.63) is 29.8 Å². The van der Waals surface area contributed by atoms with Gasteiger partial charge in [0.2, 0.25) is 0 Å². The molecule has 1 aromatic carbocycles. The third-order valence-electron chi connectivity index (χ3n) is 4.39. The standard InChI is InChI=1S/C14H20N2/c1-16(2)12-6-4-3-5-11(12)13(7-8-13)14(15)9-10-14/h3-6H,7-10,15H2,1-2H3. The Hall–Kier alpha value is -1.02. The molecule has 0 radical (unpaired) electrons. The third kappa shape index (κ3) is 1.23. The molecule has 86 valence electrons. The van der Waals surface area contributed by atoms with E-state index in [0.29, 0.717) is 5.41 Å². The zero-order valence-corrected chi connectivity index (χ0v) is 10.2. The van der Waals surface area contributed by atoms with Crippen molar-refractivity contribution in [2.45, 2.75) is 36.6 Å². The SMILES string of the molecule is CN(C)c1ccccc1C1(C2(N)CC2)CC1. The van der Waals surface area contributed by atoms with Crippen LogP contribution in [-0.4, -0.2) is 19.6 Å². The Morgan fingerprint density at radius 2 is 1.69 bits per heavy atom. The summed E-state index contributed by atoms with van der Waals surface area (Å²) in [6, 6.07) is 8.75. The van der Waals surface area contributed by atoms with Gasteiger partial charge >= 0.3 is 0 Å². The van der Waals surface area contributed by atoms with Gasteiger partial charge in [-0.3, -0.25) is 0 Å². The van der Waals surface area contributed by atoms with E-state index in [1.807, 2.05) is 0 Å². The Balaban J connectivity index is 2.07. The second-order valence-corrected chi connectivity index (χ2v) is 5.65. The van der Waals surface area contributed by atoms with Crippen LogP contribution in [0.2, 0.25) is 0 Å². The highest BCUT2D eigenvalue weighted by atomic mass is 15.1. The predicted molar refractivity (Wildman–Crippen MR) is 67.8 cm³/mol. The first-order valence-electron chi connectivity index (χ1n) is 6.15. The molecule has 2 nitrogen and oxygen atoms in total. The molecule has 3 rings (SSSR count). The summed E-state index contributed by atoms with van der Waals surface area (Å²) >= 11 is 0. The molecular weight excluding hydrogens is 196 g/mol. The summed E-state index contributed by atoms with van der Waals surface area (Å²) in [4.78, 5) is 2.21. The van der Waals surface area contributed by atoms with E-state index in [-0.39, 0.29) is 5.54 Å². The molecular formula is C14H20N2. The molecule has 0 saturated heterocycles. The van der Waals surface area contributed by atoms with Gasteiger partial charge < -0.3 is 10.6 Å². The molecule has 0 amide bonds. The maximum Gasteiger partial charge on any atom is 0.0399 e. The Labute approximate surface area is 97.4 Å². The number of rotatable bonds is 3. The van der Waals surface area contributed by atoms with E-state index in [2.05, 4.69) is 43.3 Å². The van der Waals surface area contributed by atoms with Gasteiger partial charge in [0.1, 0.15) is 0 Å². The highest BCUT2D eigenvalue weighted by Crippen LogP contribution is 2.64. The molecule has 0 aliphatic heterocycles. The van der Waals surface area contributed by atoms with Gasteiger partial charge in [-0.05, 0) is 37.3 Å². The fourth-order valence-corrected chi connectivity index (χ4v) is 3.04. The third-order valence-corrected chi connectivity index (χ3v) is 4.39. The maximum atomic E-state index is 6.47. The van der Waals surface area contributed by atoms with Crippen molar-refractivity contribution >= 4 is 5.69 Å². The molecule has 0 aromatic heterocycles. The van der Waals surface area contributed by atoms with E-state index in [9.17, 15) is 0 Å². The number of anilines is 1. The maximum absolute atomic E-state index is 6.47. The normalized spacial score (nSPS) is 23.9. The minimum atomic E-state index is 0.110. The fraction of sp³-hybridized carbons (Fsp3) is 0.571. The number of hydrogen-bond donors (Lipinski definition) is 1. The van der Waals surface area contributed by atoms with Crippen LogP contribution in [0, 0.1) is 0 Å². The lowest BCUT2D eigenvalue weighted by Crippen LogP contribution is -2.38. The highest BCUT2D eigenvalue weighted by Gasteiger charge is 2.64. The van der Waals surface area contributed by atoms with Gasteiger partial charge in [-0.15, -0.1) is 0 Å². The van der Waals surface area contributed by atoms with E-state index in [1.54, 1.807) is 0 Å². The fourth-order valence-electron chi connectivity index (χ4n) is 3.04. The van der Waals surface area contributed by atoms with Crippen LogP contribution in [0.1, 0.15) is 31.2 Å². The molecule has 1 aromatic rings. The monoisotopic (exact) mass is 216 g/mol. The van der Waals surface area contributed by atoms with Crippen LogP contribution in [0.25, 0.3) is 0 Å². The zero-order chi connectivity index (χ0) is 11.4. The second-order valence-electron chi connectivity index (χ2n) is 5.65. The zero-order valence-electron chi connectivity index (χ0n) is 10.2. The van der Waals surface area contributed by atoms with Crippen LogP contribution in [0.5, 0.6) is 0 Å². The number of nitrogens with zero attached hydrogens (tertiary/aromatic N) is 1. The first kappa shape index (κ1) is 10.2. The van der Waals surface area contributed by atoms with Crippen molar-refractivity contribution in [1.29, 1.82) is 0 Å². The first-order valence-corrected chi connectivity index (χ1v) is 6.15. The molecule has 2 heteroatoms. The highest BCUT2D eigenvalue weighted by molar-refractivity contribution is 5.60. The van der Waals surface area contributed by atoms with E-state index >= 15 is 0 Å². The Morgan fingerprint density at radius 3 is 2.19 bits per heavy atom. The smallest absolute Gasteiger partial charge is 0.0399 e. The van der Waals surface area contributed by atoms with E-state index < -0.39 is 0 Å². The van der Waals surface area contributed by atoms with Crippen molar-refractivity contribution < 1.29 is 0 Å². The van der Waals surface area contributed by atoms with Gasteiger partial charge in [0.05, 0.1) is 0 Å². The van der Waals surface area contributed by atoms with Gasteiger partial charge in [-0.1, -0.05) is 18.2 Å². The van der Waals surface area contributed by atoms with Gasteiger partial charge in [0.15, 0.2) is 0 Å². The van der Waals surface area contributed by atoms with Gasteiger partial charge in [0, 0.05) is 30.7 Å². The summed E-state index contributed by atoms with van der Waals surface area (Å²) in [6.07, 6.45) is 4.95. The van der Waals surface area contributed by atoms with Crippen LogP contribution in [-0.2, 0) is 5.41 Å². The van der Waals surface area contributed by atoms with E-state index in [1.165, 1.54) is 36.9 Å². The van der Waals surface area contributed by atoms with Crippen LogP contribution in [0.4, 0.5) is 5.69 Å². The molecule has 0 atom stereocenters. The van der Waals surface area contributed by atoms with Gasteiger partial charge in [0.25, 0.3) is 0 Å². The average Bonchev–Trinajstić information content (AvgIpc) is 3.13. The first-order chi connectivity index (χ1) is 7.59. The number of nitrogens with two attached hydrogens (primary N) is 1. The largest absolute Gasteiger partial charge is 0.377 e. The predicted octanol–water partition coefficient (Wildman–Crippen LogP) is 2.28. The second kappa shape index (κ2) is 3.01. The van der Waals surface area contributed by atoms with Crippen molar-refractivity contribution in [2.75, 3.05) is 19.0 Å². The summed E-state index contributed by atoms with van der Waals surface area (Å²) in [5, 5.41) is 0. The lowest BCUT2D eigenvalue weighted by atomic mass is 9.85. The van der Waals surface area contributed by atoms with Crippen molar-refractivity contribution in [1.82, 2.24) is 0 Å². The molecule has 0 heterocycles. The van der Waals surface area contributed by atoms with E-state index in [4.69, 9.17) is 5.73 Å². The molecule has 2 N–H and O–H groups in total. The average molecular weight is 216 g/mol. The minimum absolute atomic E-state index is 0.110. The van der Waals surface area contributed by atoms with Crippen LogP contribution >= 0.6 is 0 Å². The quantitative estimate of drug-likeness (QED) is 0.840. The summed E-state index contributed by atoms with van der Waals surface area (Å²) in [5.41, 5.74) is 9.70. The Kier molecular flexibility index (Phi) is 1.91. The van der Waals surface area contributed by atoms with Crippen molar-refractivity contribution in [3.63, 3.8) is 0 Å². The summed E-state index contributed by atoms with van der Waals surface area (Å²) in [6.45, 7) is 0.